The largest absolute Gasteiger partial charge is 0.389 e. The predicted molar refractivity (Wildman–Crippen MR) is 54.3 cm³/mol. The molecule has 0 heterocycles. The summed E-state index contributed by atoms with van der Waals surface area (Å²) in [6.07, 6.45) is -3.97. The van der Waals surface area contributed by atoms with Crippen LogP contribution in [0.4, 0.5) is 13.2 Å². The number of rotatable bonds is 8. The molecule has 0 saturated carbocycles. The molecule has 0 aliphatic heterocycles. The SMILES string of the molecule is COCC(Cl)CCNCCCC(F)(F)F. The lowest BCUT2D eigenvalue weighted by Gasteiger charge is -2.09. The van der Waals surface area contributed by atoms with Crippen molar-refractivity contribution < 1.29 is 17.9 Å². The summed E-state index contributed by atoms with van der Waals surface area (Å²) in [6, 6.07) is 0. The molecule has 1 N–H and O–H groups in total. The van der Waals surface area contributed by atoms with Crippen LogP contribution in [0.2, 0.25) is 0 Å². The van der Waals surface area contributed by atoms with Crippen LogP contribution < -0.4 is 5.32 Å². The smallest absolute Gasteiger partial charge is 0.383 e. The van der Waals surface area contributed by atoms with Crippen LogP contribution in [0.25, 0.3) is 0 Å². The highest BCUT2D eigenvalue weighted by Crippen LogP contribution is 2.20. The molecule has 0 aromatic heterocycles. The number of alkyl halides is 4. The Labute approximate surface area is 93.1 Å². The molecule has 0 radical (unpaired) electrons. The molecular weight excluding hydrogens is 231 g/mol. The predicted octanol–water partition coefficient (Wildman–Crippen LogP) is 2.56. The second-order valence-electron chi connectivity index (χ2n) is 3.31. The van der Waals surface area contributed by atoms with E-state index < -0.39 is 12.6 Å². The van der Waals surface area contributed by atoms with Gasteiger partial charge in [-0.2, -0.15) is 13.2 Å². The minimum Gasteiger partial charge on any atom is -0.383 e. The second-order valence-corrected chi connectivity index (χ2v) is 3.93. The van der Waals surface area contributed by atoms with Crippen molar-refractivity contribution in [1.29, 1.82) is 0 Å². The highest BCUT2D eigenvalue weighted by molar-refractivity contribution is 6.20. The van der Waals surface area contributed by atoms with Gasteiger partial charge in [0.2, 0.25) is 0 Å². The summed E-state index contributed by atoms with van der Waals surface area (Å²) >= 11 is 5.82. The second kappa shape index (κ2) is 8.19. The molecular formula is C9H17ClF3NO. The molecule has 2 nitrogen and oxygen atoms in total. The highest BCUT2D eigenvalue weighted by Gasteiger charge is 2.25. The van der Waals surface area contributed by atoms with Crippen LogP contribution in [0, 0.1) is 0 Å². The summed E-state index contributed by atoms with van der Waals surface area (Å²) in [5, 5.41) is 2.83. The van der Waals surface area contributed by atoms with Crippen LogP contribution in [-0.2, 0) is 4.74 Å². The van der Waals surface area contributed by atoms with E-state index in [0.29, 0.717) is 26.1 Å². The minimum atomic E-state index is -4.05. The molecule has 6 heteroatoms. The maximum Gasteiger partial charge on any atom is 0.389 e. The molecule has 0 aliphatic carbocycles. The lowest BCUT2D eigenvalue weighted by atomic mass is 10.3. The van der Waals surface area contributed by atoms with Gasteiger partial charge in [0.25, 0.3) is 0 Å². The number of hydrogen-bond donors (Lipinski definition) is 1. The monoisotopic (exact) mass is 247 g/mol. The van der Waals surface area contributed by atoms with Gasteiger partial charge in [-0.15, -0.1) is 11.6 Å². The molecule has 15 heavy (non-hydrogen) atoms. The molecule has 0 aliphatic rings. The van der Waals surface area contributed by atoms with Gasteiger partial charge in [-0.3, -0.25) is 0 Å². The normalized spacial score (nSPS) is 14.2. The Morgan fingerprint density at radius 1 is 1.33 bits per heavy atom. The minimum absolute atomic E-state index is 0.0786. The Morgan fingerprint density at radius 3 is 2.53 bits per heavy atom. The Bertz CT molecular complexity index is 155. The molecule has 92 valence electrons. The number of halogens is 4. The van der Waals surface area contributed by atoms with Crippen LogP contribution in [0.15, 0.2) is 0 Å². The van der Waals surface area contributed by atoms with Crippen LogP contribution in [-0.4, -0.2) is 38.4 Å². The Morgan fingerprint density at radius 2 is 2.00 bits per heavy atom. The first-order valence-corrected chi connectivity index (χ1v) is 5.30. The third-order valence-corrected chi connectivity index (χ3v) is 2.14. The van der Waals surface area contributed by atoms with E-state index in [0.717, 1.165) is 0 Å². The number of methoxy groups -OCH3 is 1. The van der Waals surface area contributed by atoms with Gasteiger partial charge in [-0.05, 0) is 25.9 Å². The third-order valence-electron chi connectivity index (χ3n) is 1.80. The molecule has 0 aromatic rings. The summed E-state index contributed by atoms with van der Waals surface area (Å²) in [5.41, 5.74) is 0. The van der Waals surface area contributed by atoms with Crippen molar-refractivity contribution in [2.75, 3.05) is 26.8 Å². The summed E-state index contributed by atoms with van der Waals surface area (Å²) < 4.78 is 40.0. The number of hydrogen-bond acceptors (Lipinski definition) is 2. The van der Waals surface area contributed by atoms with E-state index in [4.69, 9.17) is 16.3 Å². The first-order valence-electron chi connectivity index (χ1n) is 4.86. The van der Waals surface area contributed by atoms with Crippen molar-refractivity contribution in [1.82, 2.24) is 5.32 Å². The zero-order valence-electron chi connectivity index (χ0n) is 8.74. The Balaban J connectivity index is 3.18. The van der Waals surface area contributed by atoms with Gasteiger partial charge in [0.05, 0.1) is 12.0 Å². The van der Waals surface area contributed by atoms with Crippen molar-refractivity contribution >= 4 is 11.6 Å². The number of nitrogens with one attached hydrogen (secondary N) is 1. The zero-order valence-corrected chi connectivity index (χ0v) is 9.50. The van der Waals surface area contributed by atoms with Crippen LogP contribution >= 0.6 is 11.6 Å². The van der Waals surface area contributed by atoms with E-state index >= 15 is 0 Å². The summed E-state index contributed by atoms with van der Waals surface area (Å²) in [6.45, 7) is 1.46. The summed E-state index contributed by atoms with van der Waals surface area (Å²) in [4.78, 5) is 0. The molecule has 0 aromatic carbocycles. The quantitative estimate of drug-likeness (QED) is 0.526. The molecule has 0 amide bonds. The fourth-order valence-electron chi connectivity index (χ4n) is 1.06. The summed E-state index contributed by atoms with van der Waals surface area (Å²) in [7, 11) is 1.56. The van der Waals surface area contributed by atoms with Gasteiger partial charge in [-0.1, -0.05) is 0 Å². The fourth-order valence-corrected chi connectivity index (χ4v) is 1.30. The summed E-state index contributed by atoms with van der Waals surface area (Å²) in [5.74, 6) is 0. The molecule has 1 atom stereocenters. The maximum absolute atomic E-state index is 11.7. The first kappa shape index (κ1) is 15.0. The zero-order chi connectivity index (χ0) is 11.7. The molecule has 0 spiro atoms. The van der Waals surface area contributed by atoms with E-state index in [1.807, 2.05) is 0 Å². The van der Waals surface area contributed by atoms with E-state index in [2.05, 4.69) is 5.32 Å². The van der Waals surface area contributed by atoms with Gasteiger partial charge in [-0.25, -0.2) is 0 Å². The van der Waals surface area contributed by atoms with E-state index in [-0.39, 0.29) is 11.8 Å². The van der Waals surface area contributed by atoms with Gasteiger partial charge < -0.3 is 10.1 Å². The molecule has 1 unspecified atom stereocenters. The highest BCUT2D eigenvalue weighted by atomic mass is 35.5. The molecule has 0 bridgehead atoms. The van der Waals surface area contributed by atoms with Crippen molar-refractivity contribution in [2.45, 2.75) is 30.8 Å². The Hall–Kier alpha value is -0.0000000000000000555. The maximum atomic E-state index is 11.7. The van der Waals surface area contributed by atoms with E-state index in [1.54, 1.807) is 7.11 Å². The van der Waals surface area contributed by atoms with E-state index in [1.165, 1.54) is 0 Å². The molecule has 0 saturated heterocycles. The van der Waals surface area contributed by atoms with Crippen LogP contribution in [0.3, 0.4) is 0 Å². The lowest BCUT2D eigenvalue weighted by molar-refractivity contribution is -0.135. The Kier molecular flexibility index (Phi) is 8.19. The number of ether oxygens (including phenoxy) is 1. The van der Waals surface area contributed by atoms with Gasteiger partial charge in [0.15, 0.2) is 0 Å². The topological polar surface area (TPSA) is 21.3 Å². The van der Waals surface area contributed by atoms with Gasteiger partial charge in [0, 0.05) is 13.5 Å². The van der Waals surface area contributed by atoms with E-state index in [9.17, 15) is 13.2 Å². The lowest BCUT2D eigenvalue weighted by Crippen LogP contribution is -2.22. The van der Waals surface area contributed by atoms with Gasteiger partial charge in [0.1, 0.15) is 0 Å². The average Bonchev–Trinajstić information content (AvgIpc) is 2.09. The fraction of sp³-hybridized carbons (Fsp3) is 1.00. The molecule has 0 rings (SSSR count). The van der Waals surface area contributed by atoms with Crippen LogP contribution in [0.5, 0.6) is 0 Å². The van der Waals surface area contributed by atoms with Crippen molar-refractivity contribution in [2.24, 2.45) is 0 Å². The van der Waals surface area contributed by atoms with Gasteiger partial charge >= 0.3 is 6.18 Å². The average molecular weight is 248 g/mol. The molecule has 0 fully saturated rings. The first-order chi connectivity index (χ1) is 6.95. The third kappa shape index (κ3) is 11.9. The van der Waals surface area contributed by atoms with Crippen LogP contribution in [0.1, 0.15) is 19.3 Å². The van der Waals surface area contributed by atoms with Crippen molar-refractivity contribution in [3.05, 3.63) is 0 Å². The van der Waals surface area contributed by atoms with Crippen molar-refractivity contribution in [3.8, 4) is 0 Å². The standard InChI is InChI=1S/C9H17ClF3NO/c1-15-7-8(10)3-6-14-5-2-4-9(11,12)13/h8,14H,2-7H2,1H3. The van der Waals surface area contributed by atoms with Crippen molar-refractivity contribution in [3.63, 3.8) is 0 Å².